The average Bonchev–Trinajstić information content (AvgIpc) is 2.55. The Morgan fingerprint density at radius 1 is 1.17 bits per heavy atom. The Balaban J connectivity index is 1.89. The SMILES string of the molecule is C[C@H](NC(=O)c1cc2cc(Cl)ccc2oc1=O)c1ccc(F)cc1. The molecular formula is C18H13ClFNO3. The lowest BCUT2D eigenvalue weighted by atomic mass is 10.1. The third-order valence-electron chi connectivity index (χ3n) is 3.66. The van der Waals surface area contributed by atoms with E-state index < -0.39 is 17.6 Å². The number of fused-ring (bicyclic) bond motifs is 1. The standard InChI is InChI=1S/C18H13ClFNO3/c1-10(11-2-5-14(20)6-3-11)21-17(22)15-9-12-8-13(19)4-7-16(12)24-18(15)23/h2-10H,1H3,(H,21,22)/t10-/m0/s1. The van der Waals surface area contributed by atoms with Crippen LogP contribution in [0.4, 0.5) is 4.39 Å². The lowest BCUT2D eigenvalue weighted by Gasteiger charge is -2.14. The molecule has 2 aromatic carbocycles. The number of carbonyl (C=O) groups excluding carboxylic acids is 1. The molecule has 24 heavy (non-hydrogen) atoms. The first-order valence-electron chi connectivity index (χ1n) is 7.24. The van der Waals surface area contributed by atoms with E-state index >= 15 is 0 Å². The highest BCUT2D eigenvalue weighted by atomic mass is 35.5. The van der Waals surface area contributed by atoms with Crippen molar-refractivity contribution < 1.29 is 13.6 Å². The molecule has 6 heteroatoms. The van der Waals surface area contributed by atoms with Gasteiger partial charge in [-0.2, -0.15) is 0 Å². The van der Waals surface area contributed by atoms with Crippen molar-refractivity contribution in [1.82, 2.24) is 5.32 Å². The summed E-state index contributed by atoms with van der Waals surface area (Å²) >= 11 is 5.92. The summed E-state index contributed by atoms with van der Waals surface area (Å²) in [7, 11) is 0. The van der Waals surface area contributed by atoms with Crippen LogP contribution in [0, 0.1) is 5.82 Å². The summed E-state index contributed by atoms with van der Waals surface area (Å²) in [6.45, 7) is 1.74. The molecule has 3 aromatic rings. The minimum atomic E-state index is -0.728. The van der Waals surface area contributed by atoms with Crippen molar-refractivity contribution in [2.75, 3.05) is 0 Å². The van der Waals surface area contributed by atoms with Crippen LogP contribution in [-0.2, 0) is 0 Å². The van der Waals surface area contributed by atoms with Crippen LogP contribution < -0.4 is 10.9 Å². The molecule has 0 aliphatic heterocycles. The molecule has 0 fully saturated rings. The minimum absolute atomic E-state index is 0.112. The van der Waals surface area contributed by atoms with Crippen molar-refractivity contribution in [3.8, 4) is 0 Å². The van der Waals surface area contributed by atoms with Gasteiger partial charge in [0.25, 0.3) is 5.91 Å². The summed E-state index contributed by atoms with van der Waals surface area (Å²) < 4.78 is 18.1. The van der Waals surface area contributed by atoms with Crippen LogP contribution in [0.2, 0.25) is 5.02 Å². The number of halogens is 2. The van der Waals surface area contributed by atoms with Crippen LogP contribution in [0.25, 0.3) is 11.0 Å². The van der Waals surface area contributed by atoms with Gasteiger partial charge in [0.2, 0.25) is 0 Å². The molecule has 0 radical (unpaired) electrons. The van der Waals surface area contributed by atoms with Crippen molar-refractivity contribution in [2.45, 2.75) is 13.0 Å². The van der Waals surface area contributed by atoms with E-state index in [1.165, 1.54) is 18.2 Å². The van der Waals surface area contributed by atoms with Crippen LogP contribution in [0.1, 0.15) is 28.9 Å². The Morgan fingerprint density at radius 3 is 2.58 bits per heavy atom. The second-order valence-electron chi connectivity index (χ2n) is 5.38. The normalized spacial score (nSPS) is 12.1. The van der Waals surface area contributed by atoms with Crippen LogP contribution in [0.5, 0.6) is 0 Å². The largest absolute Gasteiger partial charge is 0.422 e. The average molecular weight is 346 g/mol. The molecule has 1 atom stereocenters. The minimum Gasteiger partial charge on any atom is -0.422 e. The van der Waals surface area contributed by atoms with E-state index in [9.17, 15) is 14.0 Å². The number of nitrogens with one attached hydrogen (secondary N) is 1. The van der Waals surface area contributed by atoms with E-state index in [-0.39, 0.29) is 11.4 Å². The predicted molar refractivity (Wildman–Crippen MR) is 89.8 cm³/mol. The third kappa shape index (κ3) is 3.31. The van der Waals surface area contributed by atoms with Crippen LogP contribution >= 0.6 is 11.6 Å². The number of benzene rings is 2. The monoisotopic (exact) mass is 345 g/mol. The number of hydrogen-bond acceptors (Lipinski definition) is 3. The Hall–Kier alpha value is -2.66. The molecule has 0 spiro atoms. The molecule has 1 amide bonds. The van der Waals surface area contributed by atoms with Gasteiger partial charge in [0.15, 0.2) is 0 Å². The van der Waals surface area contributed by atoms with Gasteiger partial charge in [0.05, 0.1) is 6.04 Å². The summed E-state index contributed by atoms with van der Waals surface area (Å²) in [4.78, 5) is 24.4. The number of carbonyl (C=O) groups is 1. The lowest BCUT2D eigenvalue weighted by molar-refractivity contribution is 0.0936. The molecule has 0 saturated carbocycles. The molecule has 4 nitrogen and oxygen atoms in total. The summed E-state index contributed by atoms with van der Waals surface area (Å²) in [6, 6.07) is 11.6. The van der Waals surface area contributed by atoms with Crippen LogP contribution in [0.3, 0.4) is 0 Å². The van der Waals surface area contributed by atoms with E-state index in [1.807, 2.05) is 0 Å². The van der Waals surface area contributed by atoms with Crippen molar-refractivity contribution in [3.05, 3.63) is 80.9 Å². The number of hydrogen-bond donors (Lipinski definition) is 1. The summed E-state index contributed by atoms with van der Waals surface area (Å²) in [5.41, 5.74) is 0.234. The third-order valence-corrected chi connectivity index (χ3v) is 3.89. The van der Waals surface area contributed by atoms with Crippen molar-refractivity contribution >= 4 is 28.5 Å². The zero-order valence-corrected chi connectivity index (χ0v) is 13.4. The zero-order chi connectivity index (χ0) is 17.3. The Morgan fingerprint density at radius 2 is 1.88 bits per heavy atom. The number of amides is 1. The highest BCUT2D eigenvalue weighted by molar-refractivity contribution is 6.31. The summed E-state index contributed by atoms with van der Waals surface area (Å²) in [6.07, 6.45) is 0. The van der Waals surface area contributed by atoms with Crippen molar-refractivity contribution in [3.63, 3.8) is 0 Å². The Bertz CT molecular complexity index is 966. The Kier molecular flexibility index (Phi) is 4.36. The van der Waals surface area contributed by atoms with Crippen molar-refractivity contribution in [1.29, 1.82) is 0 Å². The van der Waals surface area contributed by atoms with Gasteiger partial charge < -0.3 is 9.73 Å². The van der Waals surface area contributed by atoms with Gasteiger partial charge in [-0.05, 0) is 48.9 Å². The summed E-state index contributed by atoms with van der Waals surface area (Å²) in [5, 5.41) is 3.73. The molecule has 0 unspecified atom stereocenters. The highest BCUT2D eigenvalue weighted by Crippen LogP contribution is 2.19. The fraction of sp³-hybridized carbons (Fsp3) is 0.111. The molecule has 1 heterocycles. The molecule has 1 N–H and O–H groups in total. The maximum absolute atomic E-state index is 13.0. The second kappa shape index (κ2) is 6.45. The van der Waals surface area contributed by atoms with Gasteiger partial charge >= 0.3 is 5.63 Å². The smallest absolute Gasteiger partial charge is 0.349 e. The first-order chi connectivity index (χ1) is 11.4. The van der Waals surface area contributed by atoms with Crippen LogP contribution in [-0.4, -0.2) is 5.91 Å². The molecular weight excluding hydrogens is 333 g/mol. The van der Waals surface area contributed by atoms with E-state index in [4.69, 9.17) is 16.0 Å². The Labute approximate surface area is 141 Å². The van der Waals surface area contributed by atoms with Crippen LogP contribution in [0.15, 0.2) is 57.7 Å². The van der Waals surface area contributed by atoms with Gasteiger partial charge in [-0.1, -0.05) is 23.7 Å². The lowest BCUT2D eigenvalue weighted by Crippen LogP contribution is -2.30. The molecule has 1 aromatic heterocycles. The fourth-order valence-corrected chi connectivity index (χ4v) is 2.54. The van der Waals surface area contributed by atoms with E-state index in [1.54, 1.807) is 37.3 Å². The predicted octanol–water partition coefficient (Wildman–Crippen LogP) is 4.08. The highest BCUT2D eigenvalue weighted by Gasteiger charge is 2.17. The fourth-order valence-electron chi connectivity index (χ4n) is 2.36. The van der Waals surface area contributed by atoms with Gasteiger partial charge in [0, 0.05) is 10.4 Å². The number of rotatable bonds is 3. The first-order valence-corrected chi connectivity index (χ1v) is 7.61. The van der Waals surface area contributed by atoms with E-state index in [2.05, 4.69) is 5.32 Å². The second-order valence-corrected chi connectivity index (χ2v) is 5.81. The molecule has 3 rings (SSSR count). The van der Waals surface area contributed by atoms with E-state index in [0.29, 0.717) is 16.0 Å². The quantitative estimate of drug-likeness (QED) is 0.728. The summed E-state index contributed by atoms with van der Waals surface area (Å²) in [5.74, 6) is -0.924. The zero-order valence-electron chi connectivity index (χ0n) is 12.7. The molecule has 0 bridgehead atoms. The van der Waals surface area contributed by atoms with Gasteiger partial charge in [-0.3, -0.25) is 4.79 Å². The van der Waals surface area contributed by atoms with Crippen molar-refractivity contribution in [2.24, 2.45) is 0 Å². The van der Waals surface area contributed by atoms with Gasteiger partial charge in [-0.25, -0.2) is 9.18 Å². The molecule has 122 valence electrons. The van der Waals surface area contributed by atoms with E-state index in [0.717, 1.165) is 5.56 Å². The topological polar surface area (TPSA) is 59.3 Å². The van der Waals surface area contributed by atoms with Gasteiger partial charge in [-0.15, -0.1) is 0 Å². The maximum atomic E-state index is 13.0. The molecule has 0 aliphatic rings. The molecule has 0 aliphatic carbocycles. The molecule has 0 saturated heterocycles. The maximum Gasteiger partial charge on any atom is 0.349 e. The first kappa shape index (κ1) is 16.2. The van der Waals surface area contributed by atoms with Gasteiger partial charge in [0.1, 0.15) is 17.0 Å².